The molecule has 0 aliphatic carbocycles. The summed E-state index contributed by atoms with van der Waals surface area (Å²) in [7, 11) is 0. The van der Waals surface area contributed by atoms with Gasteiger partial charge in [0.2, 0.25) is 0 Å². The Balaban J connectivity index is 2.59. The van der Waals surface area contributed by atoms with Gasteiger partial charge in [-0.2, -0.15) is 0 Å². The molecule has 0 aliphatic rings. The van der Waals surface area contributed by atoms with Crippen molar-refractivity contribution in [1.29, 1.82) is 0 Å². The van der Waals surface area contributed by atoms with Crippen molar-refractivity contribution in [2.45, 2.75) is 19.8 Å². The molecule has 0 amide bonds. The van der Waals surface area contributed by atoms with E-state index in [0.29, 0.717) is 5.88 Å². The van der Waals surface area contributed by atoms with E-state index in [9.17, 15) is 0 Å². The molecule has 0 aromatic carbocycles. The number of imidazole rings is 1. The van der Waals surface area contributed by atoms with E-state index in [1.54, 1.807) is 0 Å². The van der Waals surface area contributed by atoms with Crippen LogP contribution in [0.2, 0.25) is 0 Å². The van der Waals surface area contributed by atoms with Gasteiger partial charge in [0, 0.05) is 24.2 Å². The largest absolute Gasteiger partial charge is 0.346 e. The van der Waals surface area contributed by atoms with Crippen molar-refractivity contribution in [3.63, 3.8) is 0 Å². The Morgan fingerprint density at radius 1 is 1.70 bits per heavy atom. The number of rotatable bonds is 3. The van der Waals surface area contributed by atoms with Gasteiger partial charge >= 0.3 is 0 Å². The second-order valence-corrected chi connectivity index (χ2v) is 2.53. The first-order valence-electron chi connectivity index (χ1n) is 3.45. The predicted octanol–water partition coefficient (Wildman–Crippen LogP) is 1.75. The molecule has 3 heteroatoms. The second kappa shape index (κ2) is 3.62. The average molecular weight is 159 g/mol. The van der Waals surface area contributed by atoms with Gasteiger partial charge < -0.3 is 4.98 Å². The van der Waals surface area contributed by atoms with Gasteiger partial charge in [-0.1, -0.05) is 6.92 Å². The maximum absolute atomic E-state index is 5.53. The summed E-state index contributed by atoms with van der Waals surface area (Å²) >= 11 is 5.53. The first-order chi connectivity index (χ1) is 4.86. The highest BCUT2D eigenvalue weighted by molar-refractivity contribution is 6.17. The van der Waals surface area contributed by atoms with Crippen molar-refractivity contribution in [3.8, 4) is 0 Å². The lowest BCUT2D eigenvalue weighted by atomic mass is 10.4. The molecule has 0 atom stereocenters. The smallest absolute Gasteiger partial charge is 0.107 e. The van der Waals surface area contributed by atoms with Crippen LogP contribution in [0.25, 0.3) is 0 Å². The van der Waals surface area contributed by atoms with Gasteiger partial charge in [-0.05, 0) is 6.42 Å². The monoisotopic (exact) mass is 158 g/mol. The molecular formula is C7H11ClN2. The number of nitrogens with zero attached hydrogens (tertiary/aromatic N) is 1. The first-order valence-corrected chi connectivity index (χ1v) is 3.99. The number of aromatic amines is 1. The standard InChI is InChI=1S/C7H11ClN2/c1-2-6-5-9-7(10-6)3-4-8/h5H,2-4H2,1H3,(H,9,10). The summed E-state index contributed by atoms with van der Waals surface area (Å²) in [6.45, 7) is 2.10. The highest BCUT2D eigenvalue weighted by atomic mass is 35.5. The number of alkyl halides is 1. The molecule has 0 saturated heterocycles. The third kappa shape index (κ3) is 1.74. The lowest BCUT2D eigenvalue weighted by Crippen LogP contribution is -1.88. The van der Waals surface area contributed by atoms with E-state index in [1.807, 2.05) is 6.20 Å². The molecule has 0 bridgehead atoms. The Hall–Kier alpha value is -0.500. The molecular weight excluding hydrogens is 148 g/mol. The Bertz CT molecular complexity index is 195. The molecule has 1 heterocycles. The molecule has 1 aromatic heterocycles. The molecule has 10 heavy (non-hydrogen) atoms. The maximum Gasteiger partial charge on any atom is 0.107 e. The molecule has 1 rings (SSSR count). The molecule has 1 aromatic rings. The van der Waals surface area contributed by atoms with E-state index < -0.39 is 0 Å². The van der Waals surface area contributed by atoms with Crippen LogP contribution in [0, 0.1) is 0 Å². The lowest BCUT2D eigenvalue weighted by molar-refractivity contribution is 0.967. The predicted molar refractivity (Wildman–Crippen MR) is 42.4 cm³/mol. The van der Waals surface area contributed by atoms with Crippen LogP contribution in [0.15, 0.2) is 6.20 Å². The number of aromatic nitrogens is 2. The van der Waals surface area contributed by atoms with E-state index in [2.05, 4.69) is 16.9 Å². The van der Waals surface area contributed by atoms with Crippen molar-refractivity contribution in [2.75, 3.05) is 5.88 Å². The number of hydrogen-bond acceptors (Lipinski definition) is 1. The summed E-state index contributed by atoms with van der Waals surface area (Å²) in [6, 6.07) is 0. The van der Waals surface area contributed by atoms with Crippen molar-refractivity contribution < 1.29 is 0 Å². The third-order valence-electron chi connectivity index (χ3n) is 1.39. The Morgan fingerprint density at radius 2 is 2.50 bits per heavy atom. The van der Waals surface area contributed by atoms with Gasteiger partial charge in [-0.25, -0.2) is 4.98 Å². The number of H-pyrrole nitrogens is 1. The van der Waals surface area contributed by atoms with Crippen LogP contribution in [-0.2, 0) is 12.8 Å². The second-order valence-electron chi connectivity index (χ2n) is 2.15. The van der Waals surface area contributed by atoms with Gasteiger partial charge in [-0.3, -0.25) is 0 Å². The highest BCUT2D eigenvalue weighted by Gasteiger charge is 1.95. The van der Waals surface area contributed by atoms with Crippen molar-refractivity contribution in [3.05, 3.63) is 17.7 Å². The zero-order valence-corrected chi connectivity index (χ0v) is 6.78. The summed E-state index contributed by atoms with van der Waals surface area (Å²) in [4.78, 5) is 7.30. The van der Waals surface area contributed by atoms with E-state index >= 15 is 0 Å². The molecule has 2 nitrogen and oxygen atoms in total. The summed E-state index contributed by atoms with van der Waals surface area (Å²) in [6.07, 6.45) is 3.71. The summed E-state index contributed by atoms with van der Waals surface area (Å²) in [5.74, 6) is 1.63. The molecule has 0 spiro atoms. The molecule has 0 unspecified atom stereocenters. The van der Waals surface area contributed by atoms with Crippen LogP contribution in [0.5, 0.6) is 0 Å². The van der Waals surface area contributed by atoms with Crippen LogP contribution >= 0.6 is 11.6 Å². The van der Waals surface area contributed by atoms with Gasteiger partial charge in [0.05, 0.1) is 0 Å². The number of halogens is 1. The van der Waals surface area contributed by atoms with Crippen molar-refractivity contribution in [1.82, 2.24) is 9.97 Å². The third-order valence-corrected chi connectivity index (χ3v) is 1.58. The van der Waals surface area contributed by atoms with E-state index in [0.717, 1.165) is 18.7 Å². The summed E-state index contributed by atoms with van der Waals surface area (Å²) in [5.41, 5.74) is 1.18. The topological polar surface area (TPSA) is 28.7 Å². The number of nitrogens with one attached hydrogen (secondary N) is 1. The quantitative estimate of drug-likeness (QED) is 0.668. The van der Waals surface area contributed by atoms with Crippen LogP contribution in [0.3, 0.4) is 0 Å². The molecule has 0 saturated carbocycles. The zero-order chi connectivity index (χ0) is 7.40. The van der Waals surface area contributed by atoms with Crippen LogP contribution < -0.4 is 0 Å². The fourth-order valence-electron chi connectivity index (χ4n) is 0.802. The molecule has 0 radical (unpaired) electrons. The number of aryl methyl sites for hydroxylation is 2. The minimum atomic E-state index is 0.636. The average Bonchev–Trinajstić information content (AvgIpc) is 2.37. The van der Waals surface area contributed by atoms with Gasteiger partial charge in [0.15, 0.2) is 0 Å². The molecule has 0 aliphatic heterocycles. The zero-order valence-electron chi connectivity index (χ0n) is 6.02. The van der Waals surface area contributed by atoms with Crippen molar-refractivity contribution in [2.24, 2.45) is 0 Å². The lowest BCUT2D eigenvalue weighted by Gasteiger charge is -1.88. The maximum atomic E-state index is 5.53. The number of hydrogen-bond donors (Lipinski definition) is 1. The Kier molecular flexibility index (Phi) is 2.75. The van der Waals surface area contributed by atoms with E-state index in [-0.39, 0.29) is 0 Å². The minimum Gasteiger partial charge on any atom is -0.346 e. The van der Waals surface area contributed by atoms with Gasteiger partial charge in [-0.15, -0.1) is 11.6 Å². The molecule has 0 fully saturated rings. The van der Waals surface area contributed by atoms with Gasteiger partial charge in [0.1, 0.15) is 5.82 Å². The van der Waals surface area contributed by atoms with Crippen LogP contribution in [-0.4, -0.2) is 15.8 Å². The van der Waals surface area contributed by atoms with Crippen molar-refractivity contribution >= 4 is 11.6 Å². The highest BCUT2D eigenvalue weighted by Crippen LogP contribution is 1.98. The fourth-order valence-corrected chi connectivity index (χ4v) is 0.981. The van der Waals surface area contributed by atoms with E-state index in [4.69, 9.17) is 11.6 Å². The normalized spacial score (nSPS) is 10.2. The Morgan fingerprint density at radius 3 is 3.00 bits per heavy atom. The fraction of sp³-hybridized carbons (Fsp3) is 0.571. The minimum absolute atomic E-state index is 0.636. The SMILES string of the molecule is CCc1cnc(CCCl)[nH]1. The first kappa shape index (κ1) is 7.61. The summed E-state index contributed by atoms with van der Waals surface area (Å²) in [5, 5.41) is 0. The van der Waals surface area contributed by atoms with Crippen LogP contribution in [0.4, 0.5) is 0 Å². The van der Waals surface area contributed by atoms with Crippen LogP contribution in [0.1, 0.15) is 18.4 Å². The van der Waals surface area contributed by atoms with Gasteiger partial charge in [0.25, 0.3) is 0 Å². The van der Waals surface area contributed by atoms with E-state index in [1.165, 1.54) is 5.69 Å². The Labute approximate surface area is 65.6 Å². The molecule has 1 N–H and O–H groups in total. The molecule has 56 valence electrons. The summed E-state index contributed by atoms with van der Waals surface area (Å²) < 4.78 is 0.